The van der Waals surface area contributed by atoms with Crippen molar-refractivity contribution in [1.82, 2.24) is 5.32 Å². The lowest BCUT2D eigenvalue weighted by Crippen LogP contribution is -2.45. The van der Waals surface area contributed by atoms with Gasteiger partial charge in [-0.2, -0.15) is 0 Å². The van der Waals surface area contributed by atoms with E-state index in [4.69, 9.17) is 38.0 Å². The van der Waals surface area contributed by atoms with Crippen LogP contribution in [0.5, 0.6) is 0 Å². The van der Waals surface area contributed by atoms with Gasteiger partial charge in [0.1, 0.15) is 6.04 Å². The number of hydrogen-bond donors (Lipinski definition) is 2. The number of carbonyl (C=O) groups is 2. The molecule has 2 rings (SSSR count). The molecule has 0 spiro atoms. The van der Waals surface area contributed by atoms with Gasteiger partial charge in [-0.3, -0.25) is 14.2 Å². The Kier molecular flexibility index (Phi) is 9.54. The average molecular weight is 487 g/mol. The second-order valence-electron chi connectivity index (χ2n) is 6.67. The Hall–Kier alpha value is -1.89. The normalized spacial score (nSPS) is 12.4. The molecule has 3 N–H and O–H groups in total. The van der Waals surface area contributed by atoms with Gasteiger partial charge in [-0.05, 0) is 49.2 Å². The van der Waals surface area contributed by atoms with Gasteiger partial charge < -0.3 is 20.1 Å². The summed E-state index contributed by atoms with van der Waals surface area (Å²) >= 11 is 12.0. The second-order valence-corrected chi connectivity index (χ2v) is 9.57. The summed E-state index contributed by atoms with van der Waals surface area (Å²) in [5.74, 6) is -1.16. The molecule has 7 nitrogen and oxygen atoms in total. The fraction of sp³-hybridized carbons (Fsp3) is 0.333. The van der Waals surface area contributed by atoms with Crippen molar-refractivity contribution in [1.29, 1.82) is 0 Å². The van der Waals surface area contributed by atoms with E-state index < -0.39 is 25.5 Å². The van der Waals surface area contributed by atoms with Gasteiger partial charge in [-0.25, -0.2) is 0 Å². The van der Waals surface area contributed by atoms with Crippen molar-refractivity contribution in [2.24, 2.45) is 5.73 Å². The van der Waals surface area contributed by atoms with Crippen LogP contribution in [0.2, 0.25) is 10.0 Å². The first-order valence-corrected chi connectivity index (χ1v) is 12.2. The van der Waals surface area contributed by atoms with Gasteiger partial charge in [0.05, 0.1) is 19.4 Å². The maximum atomic E-state index is 12.6. The van der Waals surface area contributed by atoms with E-state index in [0.29, 0.717) is 26.7 Å². The Balaban J connectivity index is 2.09. The highest BCUT2D eigenvalue weighted by Crippen LogP contribution is 2.51. The van der Waals surface area contributed by atoms with E-state index in [9.17, 15) is 14.2 Å². The van der Waals surface area contributed by atoms with Gasteiger partial charge in [0.15, 0.2) is 0 Å². The van der Waals surface area contributed by atoms with Crippen molar-refractivity contribution in [3.8, 4) is 0 Å². The summed E-state index contributed by atoms with van der Waals surface area (Å²) in [6.07, 6.45) is 0.219. The molecule has 31 heavy (non-hydrogen) atoms. The maximum Gasteiger partial charge on any atom is 0.335 e. The van der Waals surface area contributed by atoms with Crippen LogP contribution in [-0.4, -0.2) is 31.1 Å². The number of nitrogens with two attached hydrogens (primary N) is 1. The van der Waals surface area contributed by atoms with Crippen molar-refractivity contribution >= 4 is 42.6 Å². The van der Waals surface area contributed by atoms with E-state index in [-0.39, 0.29) is 25.8 Å². The molecule has 10 heteroatoms. The lowest BCUT2D eigenvalue weighted by atomic mass is 10.0. The molecule has 0 aliphatic heterocycles. The molecule has 2 aromatic carbocycles. The number of primary amides is 1. The molecule has 0 bridgehead atoms. The summed E-state index contributed by atoms with van der Waals surface area (Å²) in [5.41, 5.74) is 7.11. The smallest absolute Gasteiger partial charge is 0.335 e. The fourth-order valence-electron chi connectivity index (χ4n) is 2.88. The highest BCUT2D eigenvalue weighted by Gasteiger charge is 2.25. The molecular formula is C21H25Cl2N2O5P. The van der Waals surface area contributed by atoms with Crippen LogP contribution in [0.4, 0.5) is 0 Å². The molecule has 2 aromatic rings. The molecule has 1 atom stereocenters. The van der Waals surface area contributed by atoms with E-state index >= 15 is 0 Å². The molecule has 0 fully saturated rings. The van der Waals surface area contributed by atoms with E-state index in [0.717, 1.165) is 0 Å². The average Bonchev–Trinajstić information content (AvgIpc) is 2.69. The van der Waals surface area contributed by atoms with Crippen LogP contribution in [0, 0.1) is 0 Å². The summed E-state index contributed by atoms with van der Waals surface area (Å²) < 4.78 is 23.2. The molecule has 0 unspecified atom stereocenters. The molecule has 0 aliphatic rings. The monoisotopic (exact) mass is 486 g/mol. The number of halogens is 2. The predicted molar refractivity (Wildman–Crippen MR) is 122 cm³/mol. The van der Waals surface area contributed by atoms with Crippen LogP contribution in [0.15, 0.2) is 42.5 Å². The molecule has 0 saturated heterocycles. The van der Waals surface area contributed by atoms with E-state index in [1.54, 1.807) is 56.3 Å². The summed E-state index contributed by atoms with van der Waals surface area (Å²) in [4.78, 5) is 24.5. The van der Waals surface area contributed by atoms with Crippen LogP contribution in [-0.2, 0) is 31.0 Å². The Labute approximate surface area is 191 Å². The third-order valence-electron chi connectivity index (χ3n) is 4.33. The first kappa shape index (κ1) is 25.4. The molecule has 0 heterocycles. The zero-order valence-corrected chi connectivity index (χ0v) is 19.7. The lowest BCUT2D eigenvalue weighted by Gasteiger charge is -2.18. The minimum absolute atomic E-state index is 0.0928. The van der Waals surface area contributed by atoms with E-state index in [1.807, 2.05) is 0 Å². The first-order chi connectivity index (χ1) is 14.7. The number of carbonyl (C=O) groups excluding carboxylic acids is 2. The molecule has 0 aliphatic carbocycles. The van der Waals surface area contributed by atoms with Crippen molar-refractivity contribution in [3.63, 3.8) is 0 Å². The summed E-state index contributed by atoms with van der Waals surface area (Å²) in [5, 5.41) is 3.47. The number of nitrogens with one attached hydrogen (secondary N) is 1. The van der Waals surface area contributed by atoms with Gasteiger partial charge in [0.25, 0.3) is 5.91 Å². The summed E-state index contributed by atoms with van der Waals surface area (Å²) in [6.45, 7) is 4.02. The van der Waals surface area contributed by atoms with Crippen LogP contribution in [0.1, 0.15) is 35.3 Å². The minimum Gasteiger partial charge on any atom is -0.368 e. The molecule has 2 amide bonds. The number of amides is 2. The Morgan fingerprint density at radius 2 is 1.68 bits per heavy atom. The zero-order chi connectivity index (χ0) is 23.0. The molecular weight excluding hydrogens is 462 g/mol. The van der Waals surface area contributed by atoms with Gasteiger partial charge >= 0.3 is 7.60 Å². The molecule has 0 saturated carbocycles. The number of benzene rings is 2. The van der Waals surface area contributed by atoms with Crippen molar-refractivity contribution < 1.29 is 23.2 Å². The zero-order valence-electron chi connectivity index (χ0n) is 17.3. The Morgan fingerprint density at radius 3 is 2.19 bits per heavy atom. The van der Waals surface area contributed by atoms with Crippen LogP contribution in [0.3, 0.4) is 0 Å². The summed E-state index contributed by atoms with van der Waals surface area (Å²) in [7, 11) is -3.25. The van der Waals surface area contributed by atoms with Crippen LogP contribution < -0.4 is 11.1 Å². The third-order valence-corrected chi connectivity index (χ3v) is 6.97. The largest absolute Gasteiger partial charge is 0.368 e. The SMILES string of the molecule is CCOP(=O)(Cc1ccc(C(=O)N[C@@H](Cc2ccc(Cl)cc2Cl)C(N)=O)cc1)OCC. The quantitative estimate of drug-likeness (QED) is 0.451. The first-order valence-electron chi connectivity index (χ1n) is 9.68. The Bertz CT molecular complexity index is 959. The second kappa shape index (κ2) is 11.7. The van der Waals surface area contributed by atoms with Crippen molar-refractivity contribution in [2.75, 3.05) is 13.2 Å². The maximum absolute atomic E-state index is 12.6. The number of hydrogen-bond acceptors (Lipinski definition) is 5. The summed E-state index contributed by atoms with van der Waals surface area (Å²) in [6, 6.07) is 10.4. The van der Waals surface area contributed by atoms with Crippen molar-refractivity contribution in [2.45, 2.75) is 32.5 Å². The highest BCUT2D eigenvalue weighted by atomic mass is 35.5. The molecule has 0 aromatic heterocycles. The molecule has 0 radical (unpaired) electrons. The minimum atomic E-state index is -3.25. The van der Waals surface area contributed by atoms with Crippen LogP contribution >= 0.6 is 30.8 Å². The topological polar surface area (TPSA) is 108 Å². The predicted octanol–water partition coefficient (Wildman–Crippen LogP) is 4.59. The van der Waals surface area contributed by atoms with E-state index in [1.165, 1.54) is 0 Å². The fourth-order valence-corrected chi connectivity index (χ4v) is 5.07. The van der Waals surface area contributed by atoms with Crippen molar-refractivity contribution in [3.05, 3.63) is 69.2 Å². The van der Waals surface area contributed by atoms with Gasteiger partial charge in [0.2, 0.25) is 5.91 Å². The Morgan fingerprint density at radius 1 is 1.06 bits per heavy atom. The third kappa shape index (κ3) is 7.63. The van der Waals surface area contributed by atoms with Gasteiger partial charge in [0, 0.05) is 22.0 Å². The highest BCUT2D eigenvalue weighted by molar-refractivity contribution is 7.53. The van der Waals surface area contributed by atoms with E-state index in [2.05, 4.69) is 5.32 Å². The van der Waals surface area contributed by atoms with Crippen LogP contribution in [0.25, 0.3) is 0 Å². The number of rotatable bonds is 11. The lowest BCUT2D eigenvalue weighted by molar-refractivity contribution is -0.119. The molecule has 168 valence electrons. The standard InChI is InChI=1S/C21H25Cl2N2O5P/c1-3-29-31(28,30-4-2)13-14-5-7-15(8-6-14)21(27)25-19(20(24)26)11-16-9-10-17(22)12-18(16)23/h5-10,12,19H,3-4,11,13H2,1-2H3,(H2,24,26)(H,25,27)/t19-/m0/s1. The van der Waals surface area contributed by atoms with Gasteiger partial charge in [-0.1, -0.05) is 41.4 Å². The van der Waals surface area contributed by atoms with Gasteiger partial charge in [-0.15, -0.1) is 0 Å².